The molecule has 0 unspecified atom stereocenters. The summed E-state index contributed by atoms with van der Waals surface area (Å²) < 4.78 is 0. The molecule has 2 aliphatic rings. The van der Waals surface area contributed by atoms with Gasteiger partial charge in [-0.3, -0.25) is 4.79 Å². The predicted octanol–water partition coefficient (Wildman–Crippen LogP) is 2.66. The number of aryl methyl sites for hydroxylation is 1. The summed E-state index contributed by atoms with van der Waals surface area (Å²) in [7, 11) is 0. The number of aliphatic hydroxyl groups is 1. The molecule has 1 saturated carbocycles. The third-order valence-electron chi connectivity index (χ3n) is 4.41. The van der Waals surface area contributed by atoms with E-state index in [1.54, 1.807) is 0 Å². The number of anilines is 1. The molecule has 0 spiro atoms. The average Bonchev–Trinajstić information content (AvgIpc) is 2.42. The van der Waals surface area contributed by atoms with Gasteiger partial charge >= 0.3 is 0 Å². The second-order valence-electron chi connectivity index (χ2n) is 5.92. The van der Waals surface area contributed by atoms with Crippen molar-refractivity contribution in [3.8, 4) is 0 Å². The van der Waals surface area contributed by atoms with Gasteiger partial charge < -0.3 is 10.4 Å². The van der Waals surface area contributed by atoms with Gasteiger partial charge in [-0.2, -0.15) is 0 Å². The van der Waals surface area contributed by atoms with Crippen LogP contribution in [0.2, 0.25) is 0 Å². The average molecular weight is 259 g/mol. The van der Waals surface area contributed by atoms with E-state index in [4.69, 9.17) is 0 Å². The van der Waals surface area contributed by atoms with Crippen molar-refractivity contribution >= 4 is 11.6 Å². The van der Waals surface area contributed by atoms with Crippen molar-refractivity contribution in [1.82, 2.24) is 0 Å². The Balaban J connectivity index is 1.67. The first-order chi connectivity index (χ1) is 9.20. The molecule has 3 heteroatoms. The van der Waals surface area contributed by atoms with Gasteiger partial charge in [0.2, 0.25) is 5.91 Å². The molecule has 1 aromatic carbocycles. The fraction of sp³-hybridized carbons (Fsp3) is 0.562. The summed E-state index contributed by atoms with van der Waals surface area (Å²) in [6.07, 6.45) is 6.66. The van der Waals surface area contributed by atoms with Gasteiger partial charge in [0.05, 0.1) is 6.10 Å². The number of nitrogens with one attached hydrogen (secondary N) is 1. The van der Waals surface area contributed by atoms with Gasteiger partial charge in [0.25, 0.3) is 0 Å². The molecule has 1 aliphatic heterocycles. The number of hydrogen-bond donors (Lipinski definition) is 2. The maximum absolute atomic E-state index is 11.3. The second-order valence-corrected chi connectivity index (χ2v) is 5.92. The predicted molar refractivity (Wildman–Crippen MR) is 75.1 cm³/mol. The van der Waals surface area contributed by atoms with Crippen LogP contribution in [0.1, 0.15) is 43.2 Å². The van der Waals surface area contributed by atoms with Crippen LogP contribution >= 0.6 is 0 Å². The molecule has 19 heavy (non-hydrogen) atoms. The van der Waals surface area contributed by atoms with Crippen molar-refractivity contribution in [2.75, 3.05) is 5.32 Å². The van der Waals surface area contributed by atoms with E-state index in [2.05, 4.69) is 17.4 Å². The van der Waals surface area contributed by atoms with E-state index in [9.17, 15) is 9.90 Å². The Morgan fingerprint density at radius 2 is 1.95 bits per heavy atom. The van der Waals surface area contributed by atoms with Crippen LogP contribution in [0.4, 0.5) is 5.69 Å². The highest BCUT2D eigenvalue weighted by Crippen LogP contribution is 2.29. The maximum atomic E-state index is 11.3. The number of hydrogen-bond acceptors (Lipinski definition) is 2. The second kappa shape index (κ2) is 5.33. The zero-order valence-corrected chi connectivity index (χ0v) is 11.2. The van der Waals surface area contributed by atoms with Crippen molar-refractivity contribution in [3.63, 3.8) is 0 Å². The SMILES string of the molecule is O=C1CCc2cc(CC3CCC(O)CC3)ccc2N1. The van der Waals surface area contributed by atoms with E-state index in [0.29, 0.717) is 12.3 Å². The fourth-order valence-corrected chi connectivity index (χ4v) is 3.25. The Hall–Kier alpha value is -1.35. The quantitative estimate of drug-likeness (QED) is 0.858. The number of aliphatic hydroxyl groups excluding tert-OH is 1. The number of fused-ring (bicyclic) bond motifs is 1. The summed E-state index contributed by atoms with van der Waals surface area (Å²) in [5, 5.41) is 12.5. The highest BCUT2D eigenvalue weighted by atomic mass is 16.3. The number of rotatable bonds is 2. The highest BCUT2D eigenvalue weighted by Gasteiger charge is 2.20. The minimum atomic E-state index is -0.0741. The van der Waals surface area contributed by atoms with Crippen LogP contribution in [0.15, 0.2) is 18.2 Å². The molecule has 102 valence electrons. The summed E-state index contributed by atoms with van der Waals surface area (Å²) in [6.45, 7) is 0. The van der Waals surface area contributed by atoms with Crippen LogP contribution < -0.4 is 5.32 Å². The van der Waals surface area contributed by atoms with Gasteiger partial charge in [-0.05, 0) is 61.6 Å². The van der Waals surface area contributed by atoms with Crippen LogP contribution in [0.5, 0.6) is 0 Å². The van der Waals surface area contributed by atoms with Crippen molar-refractivity contribution in [1.29, 1.82) is 0 Å². The van der Waals surface area contributed by atoms with Gasteiger partial charge in [0, 0.05) is 12.1 Å². The molecule has 1 amide bonds. The lowest BCUT2D eigenvalue weighted by molar-refractivity contribution is -0.116. The van der Waals surface area contributed by atoms with Crippen LogP contribution in [-0.4, -0.2) is 17.1 Å². The minimum absolute atomic E-state index is 0.0741. The van der Waals surface area contributed by atoms with E-state index in [-0.39, 0.29) is 12.0 Å². The topological polar surface area (TPSA) is 49.3 Å². The standard InChI is InChI=1S/C16H21NO2/c18-14-5-1-11(2-6-14)9-12-3-7-15-13(10-12)4-8-16(19)17-15/h3,7,10-11,14,18H,1-2,4-6,8-9H2,(H,17,19). The maximum Gasteiger partial charge on any atom is 0.224 e. The molecule has 1 aliphatic carbocycles. The smallest absolute Gasteiger partial charge is 0.224 e. The molecule has 3 nitrogen and oxygen atoms in total. The lowest BCUT2D eigenvalue weighted by atomic mass is 9.83. The van der Waals surface area contributed by atoms with Gasteiger partial charge in [0.1, 0.15) is 0 Å². The zero-order valence-electron chi connectivity index (χ0n) is 11.2. The zero-order chi connectivity index (χ0) is 13.2. The molecule has 0 radical (unpaired) electrons. The Morgan fingerprint density at radius 1 is 1.16 bits per heavy atom. The summed E-state index contributed by atoms with van der Waals surface area (Å²) in [6, 6.07) is 6.43. The number of carbonyl (C=O) groups excluding carboxylic acids is 1. The van der Waals surface area contributed by atoms with Crippen LogP contribution in [0.25, 0.3) is 0 Å². The summed E-state index contributed by atoms with van der Waals surface area (Å²) in [5.74, 6) is 0.834. The molecule has 0 atom stereocenters. The van der Waals surface area contributed by atoms with Crippen molar-refractivity contribution < 1.29 is 9.90 Å². The van der Waals surface area contributed by atoms with E-state index in [0.717, 1.165) is 44.2 Å². The van der Waals surface area contributed by atoms with Crippen LogP contribution in [0, 0.1) is 5.92 Å². The lowest BCUT2D eigenvalue weighted by Crippen LogP contribution is -2.20. The van der Waals surface area contributed by atoms with Gasteiger partial charge in [-0.1, -0.05) is 12.1 Å². The van der Waals surface area contributed by atoms with E-state index in [1.807, 2.05) is 6.07 Å². The van der Waals surface area contributed by atoms with Gasteiger partial charge in [-0.25, -0.2) is 0 Å². The summed E-state index contributed by atoms with van der Waals surface area (Å²) in [4.78, 5) is 11.3. The summed E-state index contributed by atoms with van der Waals surface area (Å²) in [5.41, 5.74) is 3.63. The first kappa shape index (κ1) is 12.7. The molecule has 1 heterocycles. The van der Waals surface area contributed by atoms with Crippen molar-refractivity contribution in [2.45, 2.75) is 51.0 Å². The first-order valence-corrected chi connectivity index (χ1v) is 7.30. The Bertz CT molecular complexity index is 476. The molecule has 2 N–H and O–H groups in total. The molecular formula is C16H21NO2. The Morgan fingerprint density at radius 3 is 2.74 bits per heavy atom. The fourth-order valence-electron chi connectivity index (χ4n) is 3.25. The Labute approximate surface area is 114 Å². The Kier molecular flexibility index (Phi) is 3.56. The number of carbonyl (C=O) groups is 1. The number of amides is 1. The monoisotopic (exact) mass is 259 g/mol. The third kappa shape index (κ3) is 2.98. The normalized spacial score (nSPS) is 26.7. The van der Waals surface area contributed by atoms with Crippen molar-refractivity contribution in [2.24, 2.45) is 5.92 Å². The largest absolute Gasteiger partial charge is 0.393 e. The molecule has 0 saturated heterocycles. The van der Waals surface area contributed by atoms with E-state index >= 15 is 0 Å². The molecule has 0 aromatic heterocycles. The lowest BCUT2D eigenvalue weighted by Gasteiger charge is -2.26. The van der Waals surface area contributed by atoms with Gasteiger partial charge in [-0.15, -0.1) is 0 Å². The third-order valence-corrected chi connectivity index (χ3v) is 4.41. The number of benzene rings is 1. The highest BCUT2D eigenvalue weighted by molar-refractivity contribution is 5.93. The molecule has 0 bridgehead atoms. The van der Waals surface area contributed by atoms with Gasteiger partial charge in [0.15, 0.2) is 0 Å². The molecular weight excluding hydrogens is 238 g/mol. The van der Waals surface area contributed by atoms with E-state index < -0.39 is 0 Å². The van der Waals surface area contributed by atoms with Crippen molar-refractivity contribution in [3.05, 3.63) is 29.3 Å². The van der Waals surface area contributed by atoms with Crippen LogP contribution in [-0.2, 0) is 17.6 Å². The summed E-state index contributed by atoms with van der Waals surface area (Å²) >= 11 is 0. The van der Waals surface area contributed by atoms with Crippen LogP contribution in [0.3, 0.4) is 0 Å². The molecule has 1 fully saturated rings. The minimum Gasteiger partial charge on any atom is -0.393 e. The molecule has 1 aromatic rings. The molecule has 3 rings (SSSR count). The first-order valence-electron chi connectivity index (χ1n) is 7.30. The van der Waals surface area contributed by atoms with E-state index in [1.165, 1.54) is 11.1 Å².